The van der Waals surface area contributed by atoms with Crippen LogP contribution in [0, 0.1) is 0 Å². The number of aromatic nitrogens is 5. The molecule has 2 fully saturated rings. The molecular weight excluding hydrogens is 440 g/mol. The first-order chi connectivity index (χ1) is 16.2. The summed E-state index contributed by atoms with van der Waals surface area (Å²) in [7, 11) is 0. The van der Waals surface area contributed by atoms with E-state index in [0.29, 0.717) is 17.4 Å². The van der Waals surface area contributed by atoms with Crippen LogP contribution in [0.2, 0.25) is 5.02 Å². The van der Waals surface area contributed by atoms with E-state index in [4.69, 9.17) is 16.6 Å². The molecule has 1 saturated carbocycles. The molecule has 1 amide bonds. The number of anilines is 4. The summed E-state index contributed by atoms with van der Waals surface area (Å²) >= 11 is 5.60. The average molecular weight is 465 g/mol. The molecule has 10 heteroatoms. The number of aromatic amines is 1. The SMILES string of the molecule is O=CNc1ccc(Cl)cc1.c1cc2c(Nc3cc(C4CC4)[nH]n3)nc(N3CCCC3)nn2c1. The Bertz CT molecular complexity index is 1220. The minimum atomic E-state index is 0.628. The maximum atomic E-state index is 9.92. The van der Waals surface area contributed by atoms with E-state index in [0.717, 1.165) is 41.9 Å². The lowest BCUT2D eigenvalue weighted by Gasteiger charge is -2.16. The second-order valence-corrected chi connectivity index (χ2v) is 8.61. The van der Waals surface area contributed by atoms with Crippen LogP contribution in [0.3, 0.4) is 0 Å². The van der Waals surface area contributed by atoms with Crippen LogP contribution in [0.4, 0.5) is 23.3 Å². The summed E-state index contributed by atoms with van der Waals surface area (Å²) in [6.45, 7) is 2.06. The molecule has 6 rings (SSSR count). The van der Waals surface area contributed by atoms with Crippen LogP contribution >= 0.6 is 11.6 Å². The lowest BCUT2D eigenvalue weighted by molar-refractivity contribution is -0.105. The van der Waals surface area contributed by atoms with Crippen molar-refractivity contribution in [2.45, 2.75) is 31.6 Å². The predicted molar refractivity (Wildman–Crippen MR) is 129 cm³/mol. The molecule has 3 N–H and O–H groups in total. The normalized spacial score (nSPS) is 15.2. The highest BCUT2D eigenvalue weighted by atomic mass is 35.5. The Morgan fingerprint density at radius 1 is 1.12 bits per heavy atom. The number of H-pyrrole nitrogens is 1. The molecule has 3 aromatic heterocycles. The van der Waals surface area contributed by atoms with Crippen LogP contribution < -0.4 is 15.5 Å². The summed E-state index contributed by atoms with van der Waals surface area (Å²) in [6.07, 6.45) is 7.53. The summed E-state index contributed by atoms with van der Waals surface area (Å²) in [5.41, 5.74) is 2.93. The molecule has 2 aliphatic rings. The number of carbonyl (C=O) groups excluding carboxylic acids is 1. The molecule has 9 nitrogen and oxygen atoms in total. The highest BCUT2D eigenvalue weighted by Gasteiger charge is 2.26. The zero-order chi connectivity index (χ0) is 22.6. The zero-order valence-corrected chi connectivity index (χ0v) is 18.8. The van der Waals surface area contributed by atoms with E-state index in [9.17, 15) is 4.79 Å². The summed E-state index contributed by atoms with van der Waals surface area (Å²) in [6, 6.07) is 13.0. The quantitative estimate of drug-likeness (QED) is 0.361. The number of carbonyl (C=O) groups is 1. The Kier molecular flexibility index (Phi) is 6.12. The first-order valence-electron chi connectivity index (χ1n) is 11.1. The van der Waals surface area contributed by atoms with Crippen LogP contribution in [0.25, 0.3) is 5.52 Å². The number of fused-ring (bicyclic) bond motifs is 1. The lowest BCUT2D eigenvalue weighted by Crippen LogP contribution is -2.22. The molecule has 33 heavy (non-hydrogen) atoms. The third-order valence-electron chi connectivity index (χ3n) is 5.70. The molecule has 1 saturated heterocycles. The summed E-state index contributed by atoms with van der Waals surface area (Å²) < 4.78 is 1.89. The van der Waals surface area contributed by atoms with E-state index in [2.05, 4.69) is 36.9 Å². The molecular formula is C23H25ClN8O. The van der Waals surface area contributed by atoms with Gasteiger partial charge in [-0.1, -0.05) is 11.6 Å². The van der Waals surface area contributed by atoms with Gasteiger partial charge < -0.3 is 15.5 Å². The fourth-order valence-electron chi connectivity index (χ4n) is 3.81. The van der Waals surface area contributed by atoms with Gasteiger partial charge in [-0.3, -0.25) is 9.89 Å². The number of hydrogen-bond acceptors (Lipinski definition) is 6. The summed E-state index contributed by atoms with van der Waals surface area (Å²) in [5.74, 6) is 3.07. The molecule has 0 unspecified atom stereocenters. The predicted octanol–water partition coefficient (Wildman–Crippen LogP) is 4.58. The van der Waals surface area contributed by atoms with Crippen LogP contribution in [-0.4, -0.2) is 44.3 Å². The van der Waals surface area contributed by atoms with Crippen molar-refractivity contribution in [1.29, 1.82) is 0 Å². The average Bonchev–Trinajstić information content (AvgIpc) is 3.23. The summed E-state index contributed by atoms with van der Waals surface area (Å²) in [5, 5.41) is 18.6. The molecule has 0 radical (unpaired) electrons. The molecule has 0 bridgehead atoms. The topological polar surface area (TPSA) is 103 Å². The minimum Gasteiger partial charge on any atom is -0.340 e. The third-order valence-corrected chi connectivity index (χ3v) is 5.95. The van der Waals surface area contributed by atoms with Gasteiger partial charge in [-0.25, -0.2) is 4.52 Å². The van der Waals surface area contributed by atoms with Gasteiger partial charge in [0.25, 0.3) is 0 Å². The van der Waals surface area contributed by atoms with Crippen molar-refractivity contribution in [3.63, 3.8) is 0 Å². The van der Waals surface area contributed by atoms with Crippen LogP contribution in [0.15, 0.2) is 48.7 Å². The highest BCUT2D eigenvalue weighted by Crippen LogP contribution is 2.39. The molecule has 1 aliphatic carbocycles. The van der Waals surface area contributed by atoms with Gasteiger partial charge in [-0.05, 0) is 62.1 Å². The highest BCUT2D eigenvalue weighted by molar-refractivity contribution is 6.30. The van der Waals surface area contributed by atoms with Gasteiger partial charge in [-0.15, -0.1) is 5.10 Å². The van der Waals surface area contributed by atoms with Gasteiger partial charge in [0, 0.05) is 47.7 Å². The van der Waals surface area contributed by atoms with Gasteiger partial charge >= 0.3 is 0 Å². The molecule has 4 aromatic rings. The third kappa shape index (κ3) is 5.09. The lowest BCUT2D eigenvalue weighted by atomic mass is 10.3. The van der Waals surface area contributed by atoms with E-state index >= 15 is 0 Å². The van der Waals surface area contributed by atoms with E-state index in [1.807, 2.05) is 22.8 Å². The van der Waals surface area contributed by atoms with Gasteiger partial charge in [0.05, 0.1) is 0 Å². The zero-order valence-electron chi connectivity index (χ0n) is 18.0. The maximum Gasteiger partial charge on any atom is 0.245 e. The smallest absolute Gasteiger partial charge is 0.245 e. The Balaban J connectivity index is 0.000000193. The fraction of sp³-hybridized carbons (Fsp3) is 0.304. The van der Waals surface area contributed by atoms with Crippen LogP contribution in [0.1, 0.15) is 37.3 Å². The number of amides is 1. The van der Waals surface area contributed by atoms with Crippen LogP contribution in [0.5, 0.6) is 0 Å². The second kappa shape index (κ2) is 9.50. The number of hydrogen-bond donors (Lipinski definition) is 3. The number of rotatable bonds is 6. The largest absolute Gasteiger partial charge is 0.340 e. The molecule has 170 valence electrons. The Morgan fingerprint density at radius 3 is 2.64 bits per heavy atom. The van der Waals surface area contributed by atoms with Crippen molar-refractivity contribution >= 4 is 46.8 Å². The number of nitrogens with one attached hydrogen (secondary N) is 3. The van der Waals surface area contributed by atoms with Crippen molar-refractivity contribution in [3.8, 4) is 0 Å². The first kappa shape index (κ1) is 21.3. The second-order valence-electron chi connectivity index (χ2n) is 8.17. The van der Waals surface area contributed by atoms with Crippen molar-refractivity contribution < 1.29 is 4.79 Å². The van der Waals surface area contributed by atoms with E-state index < -0.39 is 0 Å². The molecule has 4 heterocycles. The van der Waals surface area contributed by atoms with Crippen molar-refractivity contribution in [2.24, 2.45) is 0 Å². The first-order valence-corrected chi connectivity index (χ1v) is 11.5. The number of nitrogens with zero attached hydrogens (tertiary/aromatic N) is 5. The molecule has 0 spiro atoms. The molecule has 1 aliphatic heterocycles. The van der Waals surface area contributed by atoms with Crippen molar-refractivity contribution in [2.75, 3.05) is 28.6 Å². The monoisotopic (exact) mass is 464 g/mol. The Labute approximate surface area is 196 Å². The van der Waals surface area contributed by atoms with Crippen molar-refractivity contribution in [3.05, 3.63) is 59.4 Å². The van der Waals surface area contributed by atoms with E-state index in [1.54, 1.807) is 24.3 Å². The van der Waals surface area contributed by atoms with Crippen molar-refractivity contribution in [1.82, 2.24) is 24.8 Å². The van der Waals surface area contributed by atoms with Gasteiger partial charge in [-0.2, -0.15) is 10.1 Å². The summed E-state index contributed by atoms with van der Waals surface area (Å²) in [4.78, 5) is 16.9. The maximum absolute atomic E-state index is 9.92. The molecule has 0 atom stereocenters. The Hall–Kier alpha value is -3.59. The number of halogens is 1. The van der Waals surface area contributed by atoms with Crippen LogP contribution in [-0.2, 0) is 4.79 Å². The van der Waals surface area contributed by atoms with Gasteiger partial charge in [0.2, 0.25) is 12.4 Å². The standard InChI is InChI=1S/C16H19N7.C7H6ClNO/c1-2-8-22(7-1)16-18-15(13-4-3-9-23(13)21-16)17-14-10-12(19-20-14)11-5-6-11;8-6-1-3-7(4-2-6)9-5-10/h3-4,9-11H,1-2,5-8H2,(H2,17,18,19,20,21);1-5H,(H,9,10). The minimum absolute atomic E-state index is 0.628. The fourth-order valence-corrected chi connectivity index (χ4v) is 3.93. The van der Waals surface area contributed by atoms with Gasteiger partial charge in [0.15, 0.2) is 11.6 Å². The Morgan fingerprint density at radius 2 is 1.91 bits per heavy atom. The number of benzene rings is 1. The molecule has 1 aromatic carbocycles. The van der Waals surface area contributed by atoms with E-state index in [-0.39, 0.29) is 0 Å². The van der Waals surface area contributed by atoms with E-state index in [1.165, 1.54) is 31.4 Å². The van der Waals surface area contributed by atoms with Gasteiger partial charge in [0.1, 0.15) is 5.52 Å².